The maximum atomic E-state index is 3.91. The Labute approximate surface area is 152 Å². The van der Waals surface area contributed by atoms with Crippen LogP contribution in [-0.2, 0) is 25.7 Å². The molecule has 1 N–H and O–H groups in total. The molecule has 0 aliphatic rings. The standard InChI is InChI=1S/C24H27N/c1-5-11-19-15-9-17-23(21(19)13-7-3)25-24-18-10-16-20(12-6-2)22(24)14-8-4/h5-10,15-18,25H,1-4,11-14H2. The Morgan fingerprint density at radius 1 is 0.600 bits per heavy atom. The first-order chi connectivity index (χ1) is 12.2. The van der Waals surface area contributed by atoms with Gasteiger partial charge < -0.3 is 5.32 Å². The molecule has 1 nitrogen and oxygen atoms in total. The van der Waals surface area contributed by atoms with Crippen LogP contribution in [0.2, 0.25) is 0 Å². The van der Waals surface area contributed by atoms with E-state index in [0.29, 0.717) is 0 Å². The lowest BCUT2D eigenvalue weighted by Gasteiger charge is -2.18. The van der Waals surface area contributed by atoms with Crippen LogP contribution in [0, 0.1) is 0 Å². The molecule has 0 aliphatic heterocycles. The first kappa shape index (κ1) is 18.5. The third-order valence-electron chi connectivity index (χ3n) is 4.24. The van der Waals surface area contributed by atoms with Gasteiger partial charge in [-0.2, -0.15) is 0 Å². The van der Waals surface area contributed by atoms with E-state index in [0.717, 1.165) is 37.1 Å². The van der Waals surface area contributed by atoms with Crippen molar-refractivity contribution in [2.45, 2.75) is 25.7 Å². The van der Waals surface area contributed by atoms with Gasteiger partial charge in [0.25, 0.3) is 0 Å². The van der Waals surface area contributed by atoms with Crippen LogP contribution in [0.15, 0.2) is 87.0 Å². The van der Waals surface area contributed by atoms with Crippen LogP contribution in [0.25, 0.3) is 0 Å². The molecule has 0 saturated heterocycles. The van der Waals surface area contributed by atoms with Crippen LogP contribution in [-0.4, -0.2) is 0 Å². The second-order valence-electron chi connectivity index (χ2n) is 5.98. The van der Waals surface area contributed by atoms with Gasteiger partial charge >= 0.3 is 0 Å². The topological polar surface area (TPSA) is 12.0 Å². The Hall–Kier alpha value is -2.80. The van der Waals surface area contributed by atoms with Crippen LogP contribution >= 0.6 is 0 Å². The largest absolute Gasteiger partial charge is 0.355 e. The van der Waals surface area contributed by atoms with E-state index in [1.54, 1.807) is 0 Å². The first-order valence-electron chi connectivity index (χ1n) is 8.67. The molecule has 0 unspecified atom stereocenters. The molecule has 0 bridgehead atoms. The molecule has 0 aliphatic carbocycles. The average Bonchev–Trinajstić information content (AvgIpc) is 2.61. The number of anilines is 2. The minimum Gasteiger partial charge on any atom is -0.355 e. The summed E-state index contributed by atoms with van der Waals surface area (Å²) in [4.78, 5) is 0. The summed E-state index contributed by atoms with van der Waals surface area (Å²) in [5.41, 5.74) is 7.37. The normalized spacial score (nSPS) is 10.1. The minimum absolute atomic E-state index is 0.829. The van der Waals surface area contributed by atoms with Gasteiger partial charge in [-0.3, -0.25) is 0 Å². The van der Waals surface area contributed by atoms with E-state index in [2.05, 4.69) is 68.0 Å². The Morgan fingerprint density at radius 3 is 1.36 bits per heavy atom. The van der Waals surface area contributed by atoms with Gasteiger partial charge in [0.2, 0.25) is 0 Å². The highest BCUT2D eigenvalue weighted by Gasteiger charge is 2.10. The fraction of sp³-hybridized carbons (Fsp3) is 0.167. The predicted molar refractivity (Wildman–Crippen MR) is 112 cm³/mol. The summed E-state index contributed by atoms with van der Waals surface area (Å²) in [6, 6.07) is 12.8. The van der Waals surface area contributed by atoms with Gasteiger partial charge in [0, 0.05) is 11.4 Å². The number of benzene rings is 2. The van der Waals surface area contributed by atoms with E-state index in [-0.39, 0.29) is 0 Å². The van der Waals surface area contributed by atoms with E-state index in [9.17, 15) is 0 Å². The van der Waals surface area contributed by atoms with Crippen molar-refractivity contribution in [2.24, 2.45) is 0 Å². The number of rotatable bonds is 10. The molecule has 1 heteroatoms. The van der Waals surface area contributed by atoms with Crippen LogP contribution in [0.3, 0.4) is 0 Å². The fourth-order valence-electron chi connectivity index (χ4n) is 3.11. The van der Waals surface area contributed by atoms with E-state index in [1.165, 1.54) is 22.3 Å². The quantitative estimate of drug-likeness (QED) is 0.501. The summed E-state index contributed by atoms with van der Waals surface area (Å²) in [6.45, 7) is 15.6. The number of nitrogens with one attached hydrogen (secondary N) is 1. The molecular formula is C24H27N. The van der Waals surface area contributed by atoms with Crippen molar-refractivity contribution in [3.63, 3.8) is 0 Å². The van der Waals surface area contributed by atoms with Crippen LogP contribution in [0.5, 0.6) is 0 Å². The molecule has 0 radical (unpaired) electrons. The maximum Gasteiger partial charge on any atom is 0.0422 e. The van der Waals surface area contributed by atoms with Crippen molar-refractivity contribution in [3.8, 4) is 0 Å². The Kier molecular flexibility index (Phi) is 7.03. The van der Waals surface area contributed by atoms with Crippen LogP contribution in [0.1, 0.15) is 22.3 Å². The van der Waals surface area contributed by atoms with E-state index in [1.807, 2.05) is 24.3 Å². The van der Waals surface area contributed by atoms with Crippen molar-refractivity contribution in [3.05, 3.63) is 109 Å². The van der Waals surface area contributed by atoms with Crippen molar-refractivity contribution < 1.29 is 0 Å². The molecule has 2 aromatic rings. The molecule has 128 valence electrons. The van der Waals surface area contributed by atoms with Gasteiger partial charge in [0.15, 0.2) is 0 Å². The van der Waals surface area contributed by atoms with Gasteiger partial charge in [-0.05, 0) is 60.1 Å². The third-order valence-corrected chi connectivity index (χ3v) is 4.24. The smallest absolute Gasteiger partial charge is 0.0422 e. The predicted octanol–water partition coefficient (Wildman–Crippen LogP) is 6.34. The summed E-state index contributed by atoms with van der Waals surface area (Å²) in [5.74, 6) is 0. The molecule has 2 rings (SSSR count). The lowest BCUT2D eigenvalue weighted by molar-refractivity contribution is 1.14. The molecule has 0 aromatic heterocycles. The summed E-state index contributed by atoms with van der Waals surface area (Å²) in [5, 5.41) is 3.64. The maximum absolute atomic E-state index is 3.91. The second-order valence-corrected chi connectivity index (χ2v) is 5.98. The van der Waals surface area contributed by atoms with E-state index >= 15 is 0 Å². The Bertz CT molecular complexity index is 702. The Balaban J connectivity index is 2.48. The molecule has 0 spiro atoms. The average molecular weight is 329 g/mol. The molecule has 25 heavy (non-hydrogen) atoms. The van der Waals surface area contributed by atoms with E-state index < -0.39 is 0 Å². The number of hydrogen-bond donors (Lipinski definition) is 1. The zero-order valence-corrected chi connectivity index (χ0v) is 14.9. The van der Waals surface area contributed by atoms with Crippen LogP contribution < -0.4 is 5.32 Å². The fourth-order valence-corrected chi connectivity index (χ4v) is 3.11. The summed E-state index contributed by atoms with van der Waals surface area (Å²) in [7, 11) is 0. The Morgan fingerprint density at radius 2 is 1.00 bits per heavy atom. The molecule has 2 aromatic carbocycles. The van der Waals surface area contributed by atoms with Crippen molar-refractivity contribution in [1.82, 2.24) is 0 Å². The number of hydrogen-bond acceptors (Lipinski definition) is 1. The molecule has 0 atom stereocenters. The van der Waals surface area contributed by atoms with Crippen molar-refractivity contribution in [1.29, 1.82) is 0 Å². The molecular weight excluding hydrogens is 302 g/mol. The monoisotopic (exact) mass is 329 g/mol. The number of allylic oxidation sites excluding steroid dienone is 4. The molecule has 0 amide bonds. The van der Waals surface area contributed by atoms with E-state index in [4.69, 9.17) is 0 Å². The first-order valence-corrected chi connectivity index (χ1v) is 8.67. The summed E-state index contributed by atoms with van der Waals surface area (Å²) >= 11 is 0. The van der Waals surface area contributed by atoms with Crippen LogP contribution in [0.4, 0.5) is 11.4 Å². The second kappa shape index (κ2) is 9.48. The van der Waals surface area contributed by atoms with Gasteiger partial charge in [0.05, 0.1) is 0 Å². The molecule has 0 fully saturated rings. The lowest BCUT2D eigenvalue weighted by atomic mass is 9.97. The zero-order chi connectivity index (χ0) is 18.1. The van der Waals surface area contributed by atoms with Gasteiger partial charge in [0.1, 0.15) is 0 Å². The van der Waals surface area contributed by atoms with Gasteiger partial charge in [-0.25, -0.2) is 0 Å². The zero-order valence-electron chi connectivity index (χ0n) is 14.9. The summed E-state index contributed by atoms with van der Waals surface area (Å²) < 4.78 is 0. The third kappa shape index (κ3) is 4.60. The summed E-state index contributed by atoms with van der Waals surface area (Å²) in [6.07, 6.45) is 11.2. The van der Waals surface area contributed by atoms with Crippen molar-refractivity contribution in [2.75, 3.05) is 5.32 Å². The van der Waals surface area contributed by atoms with Crippen molar-refractivity contribution >= 4 is 11.4 Å². The minimum atomic E-state index is 0.829. The lowest BCUT2D eigenvalue weighted by Crippen LogP contribution is -2.03. The molecule has 0 saturated carbocycles. The van der Waals surface area contributed by atoms with Gasteiger partial charge in [-0.1, -0.05) is 48.6 Å². The highest BCUT2D eigenvalue weighted by atomic mass is 14.9. The van der Waals surface area contributed by atoms with Gasteiger partial charge in [-0.15, -0.1) is 26.3 Å². The SMILES string of the molecule is C=CCc1cccc(Nc2cccc(CC=C)c2CC=C)c1CC=C. The molecule has 0 heterocycles. The highest BCUT2D eigenvalue weighted by Crippen LogP contribution is 2.29. The highest BCUT2D eigenvalue weighted by molar-refractivity contribution is 5.69.